The lowest BCUT2D eigenvalue weighted by atomic mass is 10.1. The van der Waals surface area contributed by atoms with Crippen LogP contribution in [-0.4, -0.2) is 16.0 Å². The van der Waals surface area contributed by atoms with Crippen molar-refractivity contribution in [1.82, 2.24) is 4.98 Å². The average molecular weight is 265 g/mol. The highest BCUT2D eigenvalue weighted by Gasteiger charge is 2.07. The third-order valence-electron chi connectivity index (χ3n) is 2.16. The summed E-state index contributed by atoms with van der Waals surface area (Å²) in [6, 6.07) is 7.61. The molecule has 88 valence electrons. The predicted molar refractivity (Wildman–Crippen MR) is 70.6 cm³/mol. The van der Waals surface area contributed by atoms with Gasteiger partial charge in [0, 0.05) is 22.9 Å². The smallest absolute Gasteiger partial charge is 0.170 e. The van der Waals surface area contributed by atoms with Crippen LogP contribution in [0.4, 0.5) is 0 Å². The van der Waals surface area contributed by atoms with Crippen LogP contribution in [0, 0.1) is 0 Å². The number of oxime groups is 1. The first-order valence-electron chi connectivity index (χ1n) is 4.89. The number of hydrogen-bond acceptors (Lipinski definition) is 5. The van der Waals surface area contributed by atoms with Gasteiger partial charge in [-0.3, -0.25) is 0 Å². The first-order valence-corrected chi connectivity index (χ1v) is 6.76. The fourth-order valence-electron chi connectivity index (χ4n) is 1.37. The van der Waals surface area contributed by atoms with Crippen LogP contribution in [0.1, 0.15) is 11.1 Å². The highest BCUT2D eigenvalue weighted by atomic mass is 32.2. The molecule has 0 bridgehead atoms. The summed E-state index contributed by atoms with van der Waals surface area (Å²) in [6.07, 6.45) is 1.78. The van der Waals surface area contributed by atoms with E-state index in [-0.39, 0.29) is 5.84 Å². The van der Waals surface area contributed by atoms with E-state index < -0.39 is 0 Å². The molecule has 0 spiro atoms. The Balaban J connectivity index is 2.15. The molecule has 0 amide bonds. The Morgan fingerprint density at radius 3 is 3.00 bits per heavy atom. The molecule has 0 atom stereocenters. The molecule has 1 heterocycles. The Hall–Kier alpha value is -1.53. The molecule has 0 saturated heterocycles. The van der Waals surface area contributed by atoms with E-state index >= 15 is 0 Å². The van der Waals surface area contributed by atoms with E-state index in [0.29, 0.717) is 0 Å². The van der Waals surface area contributed by atoms with Gasteiger partial charge in [0.15, 0.2) is 5.84 Å². The summed E-state index contributed by atoms with van der Waals surface area (Å²) in [6.45, 7) is 0. The van der Waals surface area contributed by atoms with Gasteiger partial charge >= 0.3 is 0 Å². The number of rotatable bonds is 4. The summed E-state index contributed by atoms with van der Waals surface area (Å²) in [7, 11) is 0. The number of nitrogens with two attached hydrogens (primary N) is 1. The molecule has 0 unspecified atom stereocenters. The standard InChI is InChI=1S/C11H11N3OS2/c12-10(14-15)9-4-2-1-3-8(9)7-17-11-13-5-6-16-11/h1-6,15H,7H2,(H2,12,14). The lowest BCUT2D eigenvalue weighted by Crippen LogP contribution is -2.15. The normalized spacial score (nSPS) is 11.6. The summed E-state index contributed by atoms with van der Waals surface area (Å²) < 4.78 is 1.01. The maximum absolute atomic E-state index is 8.71. The maximum atomic E-state index is 8.71. The summed E-state index contributed by atoms with van der Waals surface area (Å²) in [5.41, 5.74) is 7.42. The molecule has 0 fully saturated rings. The summed E-state index contributed by atoms with van der Waals surface area (Å²) in [4.78, 5) is 4.20. The second-order valence-electron chi connectivity index (χ2n) is 3.23. The molecular weight excluding hydrogens is 254 g/mol. The molecule has 4 nitrogen and oxygen atoms in total. The van der Waals surface area contributed by atoms with Crippen LogP contribution >= 0.6 is 23.1 Å². The van der Waals surface area contributed by atoms with Crippen LogP contribution in [0.3, 0.4) is 0 Å². The van der Waals surface area contributed by atoms with Crippen molar-refractivity contribution in [3.8, 4) is 0 Å². The van der Waals surface area contributed by atoms with Gasteiger partial charge in [-0.05, 0) is 5.56 Å². The topological polar surface area (TPSA) is 71.5 Å². The summed E-state index contributed by atoms with van der Waals surface area (Å²) >= 11 is 3.24. The number of hydrogen-bond donors (Lipinski definition) is 2. The molecule has 0 radical (unpaired) electrons. The van der Waals surface area contributed by atoms with Gasteiger partial charge in [-0.1, -0.05) is 41.2 Å². The molecule has 0 aliphatic rings. The monoisotopic (exact) mass is 265 g/mol. The first kappa shape index (κ1) is 11.9. The Bertz CT molecular complexity index is 511. The van der Waals surface area contributed by atoms with Gasteiger partial charge in [-0.25, -0.2) is 4.98 Å². The number of benzene rings is 1. The van der Waals surface area contributed by atoms with Crippen LogP contribution in [-0.2, 0) is 5.75 Å². The number of nitrogens with zero attached hydrogens (tertiary/aromatic N) is 2. The minimum absolute atomic E-state index is 0.139. The molecule has 17 heavy (non-hydrogen) atoms. The van der Waals surface area contributed by atoms with Crippen molar-refractivity contribution in [3.63, 3.8) is 0 Å². The second kappa shape index (κ2) is 5.70. The molecule has 0 aliphatic heterocycles. The van der Waals surface area contributed by atoms with E-state index in [1.807, 2.05) is 29.6 Å². The molecule has 6 heteroatoms. The summed E-state index contributed by atoms with van der Waals surface area (Å²) in [5.74, 6) is 0.889. The SMILES string of the molecule is N/C(=N/O)c1ccccc1CSc1nccs1. The van der Waals surface area contributed by atoms with E-state index in [1.165, 1.54) is 0 Å². The van der Waals surface area contributed by atoms with Crippen molar-refractivity contribution in [2.75, 3.05) is 0 Å². The Labute approximate surface area is 107 Å². The van der Waals surface area contributed by atoms with E-state index in [1.54, 1.807) is 29.3 Å². The highest BCUT2D eigenvalue weighted by molar-refractivity contribution is 8.00. The molecule has 1 aromatic heterocycles. The van der Waals surface area contributed by atoms with Gasteiger partial charge in [0.1, 0.15) is 4.34 Å². The zero-order valence-corrected chi connectivity index (χ0v) is 10.5. The van der Waals surface area contributed by atoms with E-state index in [0.717, 1.165) is 21.2 Å². The second-order valence-corrected chi connectivity index (χ2v) is 5.35. The lowest BCUT2D eigenvalue weighted by molar-refractivity contribution is 0.318. The van der Waals surface area contributed by atoms with Crippen LogP contribution in [0.15, 0.2) is 45.3 Å². The number of thioether (sulfide) groups is 1. The molecular formula is C11H11N3OS2. The fraction of sp³-hybridized carbons (Fsp3) is 0.0909. The molecule has 1 aromatic carbocycles. The zero-order valence-electron chi connectivity index (χ0n) is 8.91. The molecule has 0 saturated carbocycles. The lowest BCUT2D eigenvalue weighted by Gasteiger charge is -2.06. The van der Waals surface area contributed by atoms with Crippen LogP contribution < -0.4 is 5.73 Å². The Kier molecular flexibility index (Phi) is 4.00. The zero-order chi connectivity index (χ0) is 12.1. The quantitative estimate of drug-likeness (QED) is 0.293. The first-order chi connectivity index (χ1) is 8.31. The van der Waals surface area contributed by atoms with Crippen molar-refractivity contribution in [1.29, 1.82) is 0 Å². The van der Waals surface area contributed by atoms with Crippen molar-refractivity contribution in [3.05, 3.63) is 47.0 Å². The molecule has 3 N–H and O–H groups in total. The van der Waals surface area contributed by atoms with Gasteiger partial charge in [0.05, 0.1) is 0 Å². The van der Waals surface area contributed by atoms with E-state index in [9.17, 15) is 0 Å². The highest BCUT2D eigenvalue weighted by Crippen LogP contribution is 2.25. The van der Waals surface area contributed by atoms with Crippen LogP contribution in [0.25, 0.3) is 0 Å². The fourth-order valence-corrected chi connectivity index (χ4v) is 3.01. The van der Waals surface area contributed by atoms with Gasteiger partial charge in [-0.15, -0.1) is 11.3 Å². The van der Waals surface area contributed by atoms with Gasteiger partial charge in [0.25, 0.3) is 0 Å². The third kappa shape index (κ3) is 2.98. The number of thiazole rings is 1. The van der Waals surface area contributed by atoms with Gasteiger partial charge < -0.3 is 10.9 Å². The Morgan fingerprint density at radius 2 is 2.29 bits per heavy atom. The number of amidine groups is 1. The third-order valence-corrected chi connectivity index (χ3v) is 4.18. The largest absolute Gasteiger partial charge is 0.409 e. The van der Waals surface area contributed by atoms with Crippen molar-refractivity contribution < 1.29 is 5.21 Å². The molecule has 2 rings (SSSR count). The Morgan fingerprint density at radius 1 is 1.47 bits per heavy atom. The van der Waals surface area contributed by atoms with E-state index in [4.69, 9.17) is 10.9 Å². The summed E-state index contributed by atoms with van der Waals surface area (Å²) in [5, 5.41) is 13.7. The van der Waals surface area contributed by atoms with Crippen molar-refractivity contribution in [2.24, 2.45) is 10.9 Å². The van der Waals surface area contributed by atoms with Crippen LogP contribution in [0.2, 0.25) is 0 Å². The predicted octanol–water partition coefficient (Wildman–Crippen LogP) is 2.53. The minimum atomic E-state index is 0.139. The average Bonchev–Trinajstić information content (AvgIpc) is 2.89. The maximum Gasteiger partial charge on any atom is 0.170 e. The molecule has 2 aromatic rings. The van der Waals surface area contributed by atoms with Gasteiger partial charge in [-0.2, -0.15) is 0 Å². The van der Waals surface area contributed by atoms with E-state index in [2.05, 4.69) is 10.1 Å². The van der Waals surface area contributed by atoms with Crippen molar-refractivity contribution >= 4 is 28.9 Å². The van der Waals surface area contributed by atoms with Crippen LogP contribution in [0.5, 0.6) is 0 Å². The molecule has 0 aliphatic carbocycles. The minimum Gasteiger partial charge on any atom is -0.409 e. The van der Waals surface area contributed by atoms with Crippen molar-refractivity contribution in [2.45, 2.75) is 10.1 Å². The number of aromatic nitrogens is 1. The van der Waals surface area contributed by atoms with Gasteiger partial charge in [0.2, 0.25) is 0 Å².